The molecule has 0 spiro atoms. The summed E-state index contributed by atoms with van der Waals surface area (Å²) in [5.41, 5.74) is 8.16. The molecular formula is C24H34N7OS+. The maximum Gasteiger partial charge on any atom is 0.224 e. The summed E-state index contributed by atoms with van der Waals surface area (Å²) in [6.07, 6.45) is 7.08. The Hall–Kier alpha value is -2.36. The van der Waals surface area contributed by atoms with Crippen molar-refractivity contribution in [2.24, 2.45) is 0 Å². The van der Waals surface area contributed by atoms with Crippen molar-refractivity contribution in [3.8, 4) is 0 Å². The fraction of sp³-hybridized carbons (Fsp3) is 0.542. The lowest BCUT2D eigenvalue weighted by atomic mass is 9.99. The third kappa shape index (κ3) is 4.29. The SMILES string of the molecule is CC(C)n1nc(Sc2n[nH]c(Nc3c4c(cc5c3CCC5)CCC4)n2)cc1C(C)[N+](C)(C)O. The third-order valence-corrected chi connectivity index (χ3v) is 7.76. The molecule has 0 radical (unpaired) electrons. The molecule has 2 aliphatic rings. The summed E-state index contributed by atoms with van der Waals surface area (Å²) in [6, 6.07) is 4.55. The van der Waals surface area contributed by atoms with Crippen molar-refractivity contribution in [1.82, 2.24) is 25.0 Å². The number of H-pyrrole nitrogens is 1. The zero-order valence-electron chi connectivity index (χ0n) is 20.1. The van der Waals surface area contributed by atoms with E-state index < -0.39 is 0 Å². The van der Waals surface area contributed by atoms with E-state index in [9.17, 15) is 5.21 Å². The van der Waals surface area contributed by atoms with Gasteiger partial charge in [-0.25, -0.2) is 10.3 Å². The van der Waals surface area contributed by atoms with E-state index in [0.29, 0.717) is 11.1 Å². The van der Waals surface area contributed by atoms with Gasteiger partial charge in [0.1, 0.15) is 5.03 Å². The largest absolute Gasteiger partial charge is 0.324 e. The van der Waals surface area contributed by atoms with Gasteiger partial charge in [-0.2, -0.15) is 14.7 Å². The number of aromatic nitrogens is 5. The maximum absolute atomic E-state index is 10.5. The highest BCUT2D eigenvalue weighted by Crippen LogP contribution is 2.40. The molecular weight excluding hydrogens is 434 g/mol. The van der Waals surface area contributed by atoms with Crippen LogP contribution in [0.3, 0.4) is 0 Å². The highest BCUT2D eigenvalue weighted by Gasteiger charge is 2.29. The number of rotatable bonds is 7. The molecule has 3 aromatic rings. The van der Waals surface area contributed by atoms with Crippen LogP contribution in [0.25, 0.3) is 0 Å². The van der Waals surface area contributed by atoms with E-state index >= 15 is 0 Å². The molecule has 5 rings (SSSR count). The fourth-order valence-corrected chi connectivity index (χ4v) is 5.74. The van der Waals surface area contributed by atoms with Crippen LogP contribution in [0.1, 0.15) is 73.6 Å². The second kappa shape index (κ2) is 8.45. The van der Waals surface area contributed by atoms with Crippen LogP contribution in [0.2, 0.25) is 0 Å². The minimum atomic E-state index is -0.150. The Labute approximate surface area is 199 Å². The predicted molar refractivity (Wildman–Crippen MR) is 129 cm³/mol. The molecule has 9 heteroatoms. The van der Waals surface area contributed by atoms with Crippen LogP contribution in [0.15, 0.2) is 22.3 Å². The minimum Gasteiger partial charge on any atom is -0.324 e. The Bertz CT molecular complexity index is 1140. The Kier molecular flexibility index (Phi) is 5.74. The molecule has 0 fully saturated rings. The van der Waals surface area contributed by atoms with Gasteiger partial charge in [-0.05, 0) is 99.4 Å². The summed E-state index contributed by atoms with van der Waals surface area (Å²) in [4.78, 5) is 4.71. The van der Waals surface area contributed by atoms with E-state index in [1.807, 2.05) is 17.7 Å². The van der Waals surface area contributed by atoms with Crippen LogP contribution in [-0.2, 0) is 25.7 Å². The van der Waals surface area contributed by atoms with Crippen LogP contribution in [0.5, 0.6) is 0 Å². The molecule has 3 N–H and O–H groups in total. The number of quaternary nitrogens is 1. The summed E-state index contributed by atoms with van der Waals surface area (Å²) in [5, 5.41) is 27.8. The van der Waals surface area contributed by atoms with Crippen LogP contribution in [-0.4, -0.2) is 48.9 Å². The van der Waals surface area contributed by atoms with Gasteiger partial charge in [0.15, 0.2) is 6.04 Å². The van der Waals surface area contributed by atoms with Gasteiger partial charge < -0.3 is 5.32 Å². The van der Waals surface area contributed by atoms with Crippen molar-refractivity contribution in [3.63, 3.8) is 0 Å². The van der Waals surface area contributed by atoms with Crippen molar-refractivity contribution < 1.29 is 9.85 Å². The van der Waals surface area contributed by atoms with E-state index in [2.05, 4.69) is 35.4 Å². The average Bonchev–Trinajstić information content (AvgIpc) is 3.53. The zero-order chi connectivity index (χ0) is 23.3. The second-order valence-corrected chi connectivity index (χ2v) is 11.0. The second-order valence-electron chi connectivity index (χ2n) is 10.0. The summed E-state index contributed by atoms with van der Waals surface area (Å²) in [6.45, 7) is 6.21. The van der Waals surface area contributed by atoms with Crippen molar-refractivity contribution in [1.29, 1.82) is 0 Å². The van der Waals surface area contributed by atoms with Crippen molar-refractivity contribution >= 4 is 23.4 Å². The number of benzene rings is 1. The van der Waals surface area contributed by atoms with E-state index in [0.717, 1.165) is 23.6 Å². The molecule has 33 heavy (non-hydrogen) atoms. The number of aryl methyl sites for hydroxylation is 2. The molecule has 2 aliphatic carbocycles. The van der Waals surface area contributed by atoms with Crippen LogP contribution in [0.4, 0.5) is 11.6 Å². The first-order valence-corrected chi connectivity index (χ1v) is 12.7. The Balaban J connectivity index is 1.38. The molecule has 1 atom stereocenters. The van der Waals surface area contributed by atoms with E-state index in [4.69, 9.17) is 10.1 Å². The lowest BCUT2D eigenvalue weighted by molar-refractivity contribution is -1.10. The molecule has 2 heterocycles. The van der Waals surface area contributed by atoms with Crippen molar-refractivity contribution in [2.45, 2.75) is 81.6 Å². The number of hydroxylamine groups is 3. The number of nitrogens with zero attached hydrogens (tertiary/aromatic N) is 5. The van der Waals surface area contributed by atoms with E-state index in [1.165, 1.54) is 65.4 Å². The number of hydrogen-bond donors (Lipinski definition) is 3. The van der Waals surface area contributed by atoms with Gasteiger partial charge in [0.05, 0.1) is 19.8 Å². The van der Waals surface area contributed by atoms with Crippen molar-refractivity contribution in [3.05, 3.63) is 40.1 Å². The number of anilines is 2. The quantitative estimate of drug-likeness (QED) is 0.335. The number of hydrogen-bond acceptors (Lipinski definition) is 6. The summed E-state index contributed by atoms with van der Waals surface area (Å²) < 4.78 is 1.83. The first kappa shape index (κ1) is 22.4. The van der Waals surface area contributed by atoms with Gasteiger partial charge in [0.25, 0.3) is 0 Å². The molecule has 0 saturated carbocycles. The Morgan fingerprint density at radius 1 is 1.06 bits per heavy atom. The summed E-state index contributed by atoms with van der Waals surface area (Å²) in [5.74, 6) is 0.678. The molecule has 176 valence electrons. The van der Waals surface area contributed by atoms with Crippen LogP contribution < -0.4 is 5.32 Å². The number of fused-ring (bicyclic) bond motifs is 2. The molecule has 1 aromatic carbocycles. The predicted octanol–water partition coefficient (Wildman–Crippen LogP) is 4.98. The smallest absolute Gasteiger partial charge is 0.224 e. The molecule has 0 aliphatic heterocycles. The molecule has 0 amide bonds. The average molecular weight is 469 g/mol. The molecule has 1 unspecified atom stereocenters. The van der Waals surface area contributed by atoms with Gasteiger partial charge in [0.2, 0.25) is 11.1 Å². The number of aromatic amines is 1. The van der Waals surface area contributed by atoms with E-state index in [-0.39, 0.29) is 16.7 Å². The van der Waals surface area contributed by atoms with Gasteiger partial charge in [-0.15, -0.1) is 5.10 Å². The van der Waals surface area contributed by atoms with E-state index in [1.54, 1.807) is 14.1 Å². The molecule has 2 aromatic heterocycles. The highest BCUT2D eigenvalue weighted by molar-refractivity contribution is 7.99. The normalized spacial score (nSPS) is 16.3. The first-order chi connectivity index (χ1) is 15.7. The minimum absolute atomic E-state index is 0.110. The van der Waals surface area contributed by atoms with Crippen molar-refractivity contribution in [2.75, 3.05) is 19.4 Å². The Morgan fingerprint density at radius 3 is 2.33 bits per heavy atom. The standard InChI is InChI=1S/C24H34N7OS/c1-14(2)30-20(15(3)31(4,5)32)13-21(29-30)33-24-26-23(27-28-24)25-22-18-10-6-8-16(18)12-17-9-7-11-19(17)22/h12-15,32H,6-11H2,1-5H3,(H2,25,26,27,28)/q+1. The lowest BCUT2D eigenvalue weighted by Crippen LogP contribution is -2.39. The van der Waals surface area contributed by atoms with Crippen LogP contribution >= 0.6 is 11.8 Å². The number of nitrogens with one attached hydrogen (secondary N) is 2. The Morgan fingerprint density at radius 2 is 1.73 bits per heavy atom. The highest BCUT2D eigenvalue weighted by atomic mass is 32.2. The van der Waals surface area contributed by atoms with Gasteiger partial charge in [0, 0.05) is 11.7 Å². The fourth-order valence-electron chi connectivity index (χ4n) is 5.01. The molecule has 8 nitrogen and oxygen atoms in total. The summed E-state index contributed by atoms with van der Waals surface area (Å²) >= 11 is 1.44. The maximum atomic E-state index is 10.5. The van der Waals surface area contributed by atoms with Gasteiger partial charge in [-0.3, -0.25) is 4.68 Å². The topological polar surface area (TPSA) is 91.7 Å². The lowest BCUT2D eigenvalue weighted by Gasteiger charge is -2.28. The molecule has 0 saturated heterocycles. The van der Waals surface area contributed by atoms with Gasteiger partial charge >= 0.3 is 0 Å². The van der Waals surface area contributed by atoms with Crippen LogP contribution in [0, 0.1) is 0 Å². The monoisotopic (exact) mass is 468 g/mol. The molecule has 0 bridgehead atoms. The zero-order valence-corrected chi connectivity index (χ0v) is 21.0. The summed E-state index contributed by atoms with van der Waals surface area (Å²) in [7, 11) is 3.55. The van der Waals surface area contributed by atoms with Gasteiger partial charge in [-0.1, -0.05) is 6.07 Å². The first-order valence-electron chi connectivity index (χ1n) is 11.9. The third-order valence-electron chi connectivity index (χ3n) is 6.98.